The molecule has 1 heterocycles. The quantitative estimate of drug-likeness (QED) is 0.492. The lowest BCUT2D eigenvalue weighted by atomic mass is 10.2. The zero-order valence-corrected chi connectivity index (χ0v) is 6.56. The summed E-state index contributed by atoms with van der Waals surface area (Å²) >= 11 is 0. The molecule has 0 spiro atoms. The highest BCUT2D eigenvalue weighted by Crippen LogP contribution is 2.22. The lowest BCUT2D eigenvalue weighted by Gasteiger charge is -1.89. The molecule has 2 aromatic rings. The first-order valence-electron chi connectivity index (χ1n) is 3.54. The van der Waals surface area contributed by atoms with E-state index in [1.165, 1.54) is 12.1 Å². The molecule has 0 aliphatic carbocycles. The fourth-order valence-corrected chi connectivity index (χ4v) is 1.09. The third kappa shape index (κ3) is 1.14. The lowest BCUT2D eigenvalue weighted by Crippen LogP contribution is -1.86. The molecule has 13 heavy (non-hydrogen) atoms. The van der Waals surface area contributed by atoms with Gasteiger partial charge in [-0.1, -0.05) is 5.16 Å². The third-order valence-electron chi connectivity index (χ3n) is 1.74. The molecule has 0 amide bonds. The van der Waals surface area contributed by atoms with Crippen LogP contribution in [-0.4, -0.2) is 10.1 Å². The van der Waals surface area contributed by atoms with Crippen molar-refractivity contribution in [3.8, 4) is 0 Å². The standard InChI is InChI=1S/C8H5N2O3/c1-5-7-3-2-6(10(11)12)4-8(7)13-9-5/h2-4H,1H2. The second-order valence-electron chi connectivity index (χ2n) is 2.57. The molecule has 5 nitrogen and oxygen atoms in total. The minimum absolute atomic E-state index is 0.0105. The van der Waals surface area contributed by atoms with E-state index in [1.807, 2.05) is 0 Å². The topological polar surface area (TPSA) is 69.2 Å². The molecule has 0 unspecified atom stereocenters. The minimum atomic E-state index is -0.481. The number of rotatable bonds is 1. The molecular formula is C8H5N2O3. The SMILES string of the molecule is [CH2]c1noc2cc([N+](=O)[O-])ccc12. The summed E-state index contributed by atoms with van der Waals surface area (Å²) in [6.45, 7) is 3.61. The number of aromatic nitrogens is 1. The highest BCUT2D eigenvalue weighted by atomic mass is 16.6. The van der Waals surface area contributed by atoms with Gasteiger partial charge in [-0.05, 0) is 13.0 Å². The number of hydrogen-bond acceptors (Lipinski definition) is 4. The largest absolute Gasteiger partial charge is 0.356 e. The number of non-ortho nitro benzene ring substituents is 1. The second-order valence-corrected chi connectivity index (χ2v) is 2.57. The zero-order valence-electron chi connectivity index (χ0n) is 6.56. The van der Waals surface area contributed by atoms with Crippen molar-refractivity contribution in [1.82, 2.24) is 5.16 Å². The van der Waals surface area contributed by atoms with Crippen LogP contribution in [0.2, 0.25) is 0 Å². The van der Waals surface area contributed by atoms with Crippen molar-refractivity contribution in [2.75, 3.05) is 0 Å². The minimum Gasteiger partial charge on any atom is -0.356 e. The van der Waals surface area contributed by atoms with Crippen LogP contribution in [0.15, 0.2) is 22.7 Å². The van der Waals surface area contributed by atoms with E-state index >= 15 is 0 Å². The van der Waals surface area contributed by atoms with E-state index in [2.05, 4.69) is 12.1 Å². The van der Waals surface area contributed by atoms with Gasteiger partial charge in [0.05, 0.1) is 16.7 Å². The molecule has 65 valence electrons. The highest BCUT2D eigenvalue weighted by molar-refractivity contribution is 5.82. The van der Waals surface area contributed by atoms with E-state index < -0.39 is 4.92 Å². The Kier molecular flexibility index (Phi) is 1.51. The van der Waals surface area contributed by atoms with E-state index in [0.29, 0.717) is 16.7 Å². The molecule has 0 aliphatic rings. The summed E-state index contributed by atoms with van der Waals surface area (Å²) in [7, 11) is 0. The van der Waals surface area contributed by atoms with Crippen LogP contribution in [0.1, 0.15) is 5.69 Å². The number of nitro groups is 1. The maximum Gasteiger partial charge on any atom is 0.273 e. The maximum atomic E-state index is 10.4. The number of fused-ring (bicyclic) bond motifs is 1. The van der Waals surface area contributed by atoms with Gasteiger partial charge in [-0.25, -0.2) is 0 Å². The van der Waals surface area contributed by atoms with Crippen molar-refractivity contribution in [2.24, 2.45) is 0 Å². The van der Waals surface area contributed by atoms with Crippen LogP contribution in [-0.2, 0) is 0 Å². The number of hydrogen-bond donors (Lipinski definition) is 0. The Labute approximate surface area is 73.1 Å². The molecule has 0 N–H and O–H groups in total. The van der Waals surface area contributed by atoms with E-state index in [9.17, 15) is 10.1 Å². The van der Waals surface area contributed by atoms with Gasteiger partial charge in [0.2, 0.25) is 0 Å². The summed E-state index contributed by atoms with van der Waals surface area (Å²) in [5, 5.41) is 14.7. The fraction of sp³-hybridized carbons (Fsp3) is 0. The van der Waals surface area contributed by atoms with Crippen molar-refractivity contribution in [3.63, 3.8) is 0 Å². The number of nitrogens with zero attached hydrogens (tertiary/aromatic N) is 2. The Balaban J connectivity index is 2.70. The molecular weight excluding hydrogens is 172 g/mol. The maximum absolute atomic E-state index is 10.4. The molecule has 1 aromatic carbocycles. The van der Waals surface area contributed by atoms with Gasteiger partial charge in [-0.3, -0.25) is 10.1 Å². The van der Waals surface area contributed by atoms with Crippen LogP contribution in [0, 0.1) is 17.0 Å². The Morgan fingerprint density at radius 2 is 2.31 bits per heavy atom. The summed E-state index contributed by atoms with van der Waals surface area (Å²) in [6, 6.07) is 4.30. The second kappa shape index (κ2) is 2.55. The Bertz CT molecular complexity index is 475. The molecule has 5 heteroatoms. The van der Waals surface area contributed by atoms with Crippen molar-refractivity contribution in [1.29, 1.82) is 0 Å². The predicted molar refractivity (Wildman–Crippen MR) is 45.1 cm³/mol. The van der Waals surface area contributed by atoms with Crippen LogP contribution in [0.4, 0.5) is 5.69 Å². The monoisotopic (exact) mass is 177 g/mol. The summed E-state index contributed by atoms with van der Waals surface area (Å²) < 4.78 is 4.82. The molecule has 0 atom stereocenters. The van der Waals surface area contributed by atoms with Crippen molar-refractivity contribution in [2.45, 2.75) is 0 Å². The molecule has 0 aliphatic heterocycles. The van der Waals surface area contributed by atoms with Crippen LogP contribution < -0.4 is 0 Å². The van der Waals surface area contributed by atoms with Gasteiger partial charge in [0, 0.05) is 11.5 Å². The first kappa shape index (κ1) is 7.72. The zero-order chi connectivity index (χ0) is 9.42. The summed E-state index contributed by atoms with van der Waals surface area (Å²) in [5.41, 5.74) is 0.868. The van der Waals surface area contributed by atoms with E-state index in [-0.39, 0.29) is 5.69 Å². The molecule has 0 fully saturated rings. The Morgan fingerprint density at radius 1 is 1.54 bits per heavy atom. The van der Waals surface area contributed by atoms with Crippen LogP contribution in [0.25, 0.3) is 11.0 Å². The normalized spacial score (nSPS) is 10.5. The molecule has 0 saturated heterocycles. The molecule has 2 rings (SSSR count). The summed E-state index contributed by atoms with van der Waals surface area (Å²) in [5.74, 6) is 0. The molecule has 0 bridgehead atoms. The van der Waals surface area contributed by atoms with E-state index in [1.54, 1.807) is 6.07 Å². The van der Waals surface area contributed by atoms with Crippen molar-refractivity contribution >= 4 is 16.7 Å². The molecule has 1 aromatic heterocycles. The van der Waals surface area contributed by atoms with E-state index in [4.69, 9.17) is 4.52 Å². The van der Waals surface area contributed by atoms with Gasteiger partial charge in [0.25, 0.3) is 5.69 Å². The van der Waals surface area contributed by atoms with Gasteiger partial charge in [0.1, 0.15) is 0 Å². The highest BCUT2D eigenvalue weighted by Gasteiger charge is 2.10. The predicted octanol–water partition coefficient (Wildman–Crippen LogP) is 1.92. The Morgan fingerprint density at radius 3 is 3.00 bits per heavy atom. The molecule has 0 saturated carbocycles. The molecule has 1 radical (unpaired) electrons. The fourth-order valence-electron chi connectivity index (χ4n) is 1.09. The van der Waals surface area contributed by atoms with Crippen LogP contribution >= 0.6 is 0 Å². The third-order valence-corrected chi connectivity index (χ3v) is 1.74. The van der Waals surface area contributed by atoms with Crippen LogP contribution in [0.3, 0.4) is 0 Å². The Hall–Kier alpha value is -1.91. The van der Waals surface area contributed by atoms with Gasteiger partial charge in [-0.15, -0.1) is 0 Å². The number of nitro benzene ring substituents is 1. The van der Waals surface area contributed by atoms with Gasteiger partial charge in [-0.2, -0.15) is 0 Å². The smallest absolute Gasteiger partial charge is 0.273 e. The number of benzene rings is 1. The van der Waals surface area contributed by atoms with Gasteiger partial charge < -0.3 is 4.52 Å². The summed E-state index contributed by atoms with van der Waals surface area (Å²) in [4.78, 5) is 9.90. The van der Waals surface area contributed by atoms with Crippen LogP contribution in [0.5, 0.6) is 0 Å². The lowest BCUT2D eigenvalue weighted by molar-refractivity contribution is -0.384. The first-order valence-corrected chi connectivity index (χ1v) is 3.54. The van der Waals surface area contributed by atoms with Gasteiger partial charge in [0.15, 0.2) is 5.58 Å². The summed E-state index contributed by atoms with van der Waals surface area (Å²) in [6.07, 6.45) is 0. The van der Waals surface area contributed by atoms with Crippen molar-refractivity contribution in [3.05, 3.63) is 40.9 Å². The van der Waals surface area contributed by atoms with Crippen molar-refractivity contribution < 1.29 is 9.45 Å². The average Bonchev–Trinajstić information content (AvgIpc) is 2.47. The first-order chi connectivity index (χ1) is 6.18. The average molecular weight is 177 g/mol. The van der Waals surface area contributed by atoms with E-state index in [0.717, 1.165) is 0 Å². The van der Waals surface area contributed by atoms with Gasteiger partial charge >= 0.3 is 0 Å².